The second-order valence-electron chi connectivity index (χ2n) is 7.46. The van der Waals surface area contributed by atoms with Crippen LogP contribution in [0.3, 0.4) is 0 Å². The van der Waals surface area contributed by atoms with Crippen molar-refractivity contribution < 1.29 is 19.4 Å². The zero-order valence-corrected chi connectivity index (χ0v) is 16.6. The van der Waals surface area contributed by atoms with Gasteiger partial charge < -0.3 is 20.0 Å². The standard InChI is InChI=1S/C25H23NO4/c1-16-8-2-3-9-17(16)23(14-24(27)28)26-25(29)30-15-22-20-12-6-4-10-18(20)19-11-5-7-13-21(19)22/h2-13,22-23H,14-15H2,1H3,(H,26,29)(H,27,28)/p-1/t23-/m0/s1. The lowest BCUT2D eigenvalue weighted by Gasteiger charge is -2.22. The van der Waals surface area contributed by atoms with Crippen molar-refractivity contribution in [2.24, 2.45) is 0 Å². The number of carbonyl (C=O) groups is 2. The van der Waals surface area contributed by atoms with Crippen LogP contribution in [0.2, 0.25) is 0 Å². The fourth-order valence-corrected chi connectivity index (χ4v) is 4.17. The summed E-state index contributed by atoms with van der Waals surface area (Å²) in [7, 11) is 0. The minimum absolute atomic E-state index is 0.0544. The Balaban J connectivity index is 1.49. The number of aliphatic carboxylic acids is 1. The molecule has 1 amide bonds. The molecule has 0 saturated carbocycles. The molecule has 0 aliphatic heterocycles. The molecule has 0 saturated heterocycles. The number of rotatable bonds is 6. The van der Waals surface area contributed by atoms with Crippen molar-refractivity contribution in [1.29, 1.82) is 0 Å². The highest BCUT2D eigenvalue weighted by atomic mass is 16.5. The van der Waals surface area contributed by atoms with Gasteiger partial charge in [-0.2, -0.15) is 0 Å². The molecule has 0 radical (unpaired) electrons. The molecular weight excluding hydrogens is 378 g/mol. The molecule has 0 unspecified atom stereocenters. The average molecular weight is 400 g/mol. The smallest absolute Gasteiger partial charge is 0.407 e. The van der Waals surface area contributed by atoms with Crippen molar-refractivity contribution in [2.45, 2.75) is 25.3 Å². The molecule has 0 aromatic heterocycles. The first-order valence-corrected chi connectivity index (χ1v) is 9.91. The van der Waals surface area contributed by atoms with E-state index in [4.69, 9.17) is 4.74 Å². The summed E-state index contributed by atoms with van der Waals surface area (Å²) >= 11 is 0. The summed E-state index contributed by atoms with van der Waals surface area (Å²) in [6.45, 7) is 2.04. The van der Waals surface area contributed by atoms with Gasteiger partial charge in [-0.15, -0.1) is 0 Å². The third-order valence-electron chi connectivity index (χ3n) is 5.57. The number of hydrogen-bond acceptors (Lipinski definition) is 4. The molecule has 0 fully saturated rings. The van der Waals surface area contributed by atoms with Gasteiger partial charge in [0.05, 0.1) is 6.04 Å². The predicted octanol–water partition coefficient (Wildman–Crippen LogP) is 3.71. The maximum atomic E-state index is 12.6. The lowest BCUT2D eigenvalue weighted by atomic mass is 9.98. The van der Waals surface area contributed by atoms with Crippen molar-refractivity contribution in [1.82, 2.24) is 5.32 Å². The van der Waals surface area contributed by atoms with E-state index in [0.29, 0.717) is 0 Å². The van der Waals surface area contributed by atoms with Crippen molar-refractivity contribution in [3.05, 3.63) is 95.1 Å². The molecule has 1 aliphatic carbocycles. The quantitative estimate of drug-likeness (QED) is 0.684. The van der Waals surface area contributed by atoms with E-state index in [1.165, 1.54) is 0 Å². The number of nitrogens with one attached hydrogen (secondary N) is 1. The first-order valence-electron chi connectivity index (χ1n) is 9.91. The maximum absolute atomic E-state index is 12.6. The summed E-state index contributed by atoms with van der Waals surface area (Å²) in [4.78, 5) is 23.8. The Hall–Kier alpha value is -3.60. The molecule has 152 valence electrons. The summed E-state index contributed by atoms with van der Waals surface area (Å²) in [5.74, 6) is -1.29. The van der Waals surface area contributed by atoms with Crippen LogP contribution < -0.4 is 10.4 Å². The minimum Gasteiger partial charge on any atom is -0.550 e. The molecule has 0 spiro atoms. The fraction of sp³-hybridized carbons (Fsp3) is 0.200. The maximum Gasteiger partial charge on any atom is 0.407 e. The van der Waals surface area contributed by atoms with Gasteiger partial charge in [0.2, 0.25) is 0 Å². The van der Waals surface area contributed by atoms with Crippen molar-refractivity contribution in [3.8, 4) is 11.1 Å². The molecule has 3 aromatic carbocycles. The van der Waals surface area contributed by atoms with E-state index >= 15 is 0 Å². The van der Waals surface area contributed by atoms with E-state index in [2.05, 4.69) is 17.4 Å². The van der Waals surface area contributed by atoms with E-state index < -0.39 is 18.1 Å². The van der Waals surface area contributed by atoms with Crippen LogP contribution in [-0.4, -0.2) is 18.7 Å². The molecule has 5 nitrogen and oxygen atoms in total. The zero-order valence-electron chi connectivity index (χ0n) is 16.6. The molecule has 1 aliphatic rings. The SMILES string of the molecule is Cc1ccccc1[C@H](CC(=O)[O-])NC(=O)OCC1c2ccccc2-c2ccccc21. The molecule has 1 atom stereocenters. The number of carboxylic acid groups (broad SMARTS) is 1. The fourth-order valence-electron chi connectivity index (χ4n) is 4.17. The summed E-state index contributed by atoms with van der Waals surface area (Å²) in [5, 5.41) is 13.9. The molecule has 0 bridgehead atoms. The van der Waals surface area contributed by atoms with Crippen LogP contribution in [0, 0.1) is 6.92 Å². The summed E-state index contributed by atoms with van der Waals surface area (Å²) < 4.78 is 5.55. The lowest BCUT2D eigenvalue weighted by molar-refractivity contribution is -0.306. The number of carboxylic acids is 1. The van der Waals surface area contributed by atoms with E-state index in [9.17, 15) is 14.7 Å². The third kappa shape index (κ3) is 3.92. The number of benzene rings is 3. The van der Waals surface area contributed by atoms with Gasteiger partial charge in [0.15, 0.2) is 0 Å². The van der Waals surface area contributed by atoms with Gasteiger partial charge in [-0.05, 0) is 40.3 Å². The number of fused-ring (bicyclic) bond motifs is 3. The summed E-state index contributed by atoms with van der Waals surface area (Å²) in [6.07, 6.45) is -0.971. The molecule has 4 rings (SSSR count). The van der Waals surface area contributed by atoms with E-state index in [1.807, 2.05) is 61.5 Å². The number of aryl methyl sites for hydroxylation is 1. The second kappa shape index (κ2) is 8.41. The molecule has 0 heterocycles. The van der Waals surface area contributed by atoms with Gasteiger partial charge >= 0.3 is 6.09 Å². The van der Waals surface area contributed by atoms with E-state index in [1.54, 1.807) is 6.07 Å². The van der Waals surface area contributed by atoms with Gasteiger partial charge in [-0.3, -0.25) is 0 Å². The van der Waals surface area contributed by atoms with Gasteiger partial charge in [0.25, 0.3) is 0 Å². The molecule has 5 heteroatoms. The van der Waals surface area contributed by atoms with Crippen molar-refractivity contribution in [2.75, 3.05) is 6.61 Å². The number of carbonyl (C=O) groups excluding carboxylic acids is 2. The normalized spacial score (nSPS) is 13.2. The van der Waals surface area contributed by atoms with E-state index in [-0.39, 0.29) is 18.9 Å². The van der Waals surface area contributed by atoms with Crippen LogP contribution in [0.1, 0.15) is 40.6 Å². The van der Waals surface area contributed by atoms with Crippen LogP contribution in [0.25, 0.3) is 11.1 Å². The molecule has 3 aromatic rings. The van der Waals surface area contributed by atoms with Gasteiger partial charge in [0.1, 0.15) is 6.61 Å². The molecule has 1 N–H and O–H groups in total. The highest BCUT2D eigenvalue weighted by molar-refractivity contribution is 5.79. The van der Waals surface area contributed by atoms with E-state index in [0.717, 1.165) is 33.4 Å². The van der Waals surface area contributed by atoms with Crippen LogP contribution in [0.15, 0.2) is 72.8 Å². The largest absolute Gasteiger partial charge is 0.550 e. The van der Waals surface area contributed by atoms with Crippen LogP contribution in [0.4, 0.5) is 4.79 Å². The number of alkyl carbamates (subject to hydrolysis) is 1. The predicted molar refractivity (Wildman–Crippen MR) is 112 cm³/mol. The van der Waals surface area contributed by atoms with Gasteiger partial charge in [0, 0.05) is 18.3 Å². The first kappa shape index (κ1) is 19.7. The molecular formula is C25H22NO4-. The number of ether oxygens (including phenoxy) is 1. The van der Waals surface area contributed by atoms with Crippen molar-refractivity contribution >= 4 is 12.1 Å². The van der Waals surface area contributed by atoms with Crippen LogP contribution in [0.5, 0.6) is 0 Å². The monoisotopic (exact) mass is 400 g/mol. The Labute approximate surface area is 175 Å². The highest BCUT2D eigenvalue weighted by Gasteiger charge is 2.29. The second-order valence-corrected chi connectivity index (χ2v) is 7.46. The highest BCUT2D eigenvalue weighted by Crippen LogP contribution is 2.44. The zero-order chi connectivity index (χ0) is 21.1. The summed E-state index contributed by atoms with van der Waals surface area (Å²) in [5.41, 5.74) is 6.17. The lowest BCUT2D eigenvalue weighted by Crippen LogP contribution is -2.35. The third-order valence-corrected chi connectivity index (χ3v) is 5.57. The first-order chi connectivity index (χ1) is 14.5. The van der Waals surface area contributed by atoms with Crippen LogP contribution in [-0.2, 0) is 9.53 Å². The average Bonchev–Trinajstić information content (AvgIpc) is 3.06. The minimum atomic E-state index is -1.23. The van der Waals surface area contributed by atoms with Crippen molar-refractivity contribution in [3.63, 3.8) is 0 Å². The topological polar surface area (TPSA) is 78.5 Å². The Morgan fingerprint density at radius 3 is 2.10 bits per heavy atom. The van der Waals surface area contributed by atoms with Gasteiger partial charge in [-0.1, -0.05) is 72.8 Å². The summed E-state index contributed by atoms with van der Waals surface area (Å²) in [6, 6.07) is 22.8. The Morgan fingerprint density at radius 2 is 1.50 bits per heavy atom. The molecule has 30 heavy (non-hydrogen) atoms. The number of hydrogen-bond donors (Lipinski definition) is 1. The Morgan fingerprint density at radius 1 is 0.933 bits per heavy atom. The Bertz CT molecular complexity index is 1050. The van der Waals surface area contributed by atoms with Crippen LogP contribution >= 0.6 is 0 Å². The number of amides is 1. The Kier molecular flexibility index (Phi) is 5.53. The van der Waals surface area contributed by atoms with Gasteiger partial charge in [-0.25, -0.2) is 4.79 Å².